The Morgan fingerprint density at radius 3 is 2.93 bits per heavy atom. The molecule has 14 heavy (non-hydrogen) atoms. The molecule has 2 N–H and O–H groups in total. The predicted molar refractivity (Wildman–Crippen MR) is 57.9 cm³/mol. The molecule has 2 rings (SSSR count). The topological polar surface area (TPSA) is 44.5 Å². The molecule has 0 radical (unpaired) electrons. The Labute approximate surface area is 87.8 Å². The van der Waals surface area contributed by atoms with Gasteiger partial charge < -0.3 is 15.2 Å². The van der Waals surface area contributed by atoms with Gasteiger partial charge in [-0.2, -0.15) is 0 Å². The summed E-state index contributed by atoms with van der Waals surface area (Å²) in [6.07, 6.45) is 0.557. The highest BCUT2D eigenvalue weighted by Crippen LogP contribution is 2.33. The van der Waals surface area contributed by atoms with E-state index in [1.54, 1.807) is 0 Å². The van der Waals surface area contributed by atoms with E-state index in [1.165, 1.54) is 0 Å². The quantitative estimate of drug-likeness (QED) is 0.745. The molecule has 1 aliphatic rings. The first-order valence-corrected chi connectivity index (χ1v) is 4.84. The van der Waals surface area contributed by atoms with Crippen molar-refractivity contribution in [3.8, 4) is 11.5 Å². The summed E-state index contributed by atoms with van der Waals surface area (Å²) in [5.74, 6) is 1.57. The maximum Gasteiger partial charge on any atom is 0.164 e. The summed E-state index contributed by atoms with van der Waals surface area (Å²) in [5, 5.41) is 0. The van der Waals surface area contributed by atoms with Crippen molar-refractivity contribution in [3.63, 3.8) is 0 Å². The van der Waals surface area contributed by atoms with Crippen molar-refractivity contribution in [2.45, 2.75) is 6.42 Å². The lowest BCUT2D eigenvalue weighted by Gasteiger charge is -2.20. The highest BCUT2D eigenvalue weighted by Gasteiger charge is 2.15. The molecule has 3 nitrogen and oxygen atoms in total. The van der Waals surface area contributed by atoms with Gasteiger partial charge in [0, 0.05) is 12.0 Å². The van der Waals surface area contributed by atoms with Crippen molar-refractivity contribution < 1.29 is 9.47 Å². The molecule has 0 fully saturated rings. The molecule has 0 aliphatic carbocycles. The van der Waals surface area contributed by atoms with Gasteiger partial charge in [0.15, 0.2) is 11.5 Å². The van der Waals surface area contributed by atoms with Crippen molar-refractivity contribution in [2.24, 2.45) is 5.73 Å². The fourth-order valence-corrected chi connectivity index (χ4v) is 1.62. The van der Waals surface area contributed by atoms with Crippen LogP contribution in [0.5, 0.6) is 11.5 Å². The lowest BCUT2D eigenvalue weighted by atomic mass is 10.1. The molecule has 1 heterocycles. The third kappa shape index (κ3) is 1.80. The molecular formula is C10H11NO2S. The van der Waals surface area contributed by atoms with E-state index in [1.807, 2.05) is 18.2 Å². The lowest BCUT2D eigenvalue weighted by Crippen LogP contribution is -2.18. The summed E-state index contributed by atoms with van der Waals surface area (Å²) in [7, 11) is 0. The number of fused-ring (bicyclic) bond motifs is 1. The highest BCUT2D eigenvalue weighted by molar-refractivity contribution is 7.80. The van der Waals surface area contributed by atoms with E-state index < -0.39 is 0 Å². The predicted octanol–water partition coefficient (Wildman–Crippen LogP) is 1.29. The van der Waals surface area contributed by atoms with Crippen molar-refractivity contribution in [3.05, 3.63) is 23.8 Å². The zero-order valence-electron chi connectivity index (χ0n) is 7.66. The van der Waals surface area contributed by atoms with Crippen molar-refractivity contribution in [2.75, 3.05) is 13.2 Å². The van der Waals surface area contributed by atoms with Gasteiger partial charge in [-0.25, -0.2) is 0 Å². The van der Waals surface area contributed by atoms with Crippen LogP contribution < -0.4 is 15.2 Å². The maximum atomic E-state index is 5.52. The van der Waals surface area contributed by atoms with Crippen LogP contribution in [0.1, 0.15) is 5.56 Å². The van der Waals surface area contributed by atoms with Crippen LogP contribution in [0.3, 0.4) is 0 Å². The van der Waals surface area contributed by atoms with Crippen LogP contribution in [0.2, 0.25) is 0 Å². The smallest absolute Gasteiger partial charge is 0.164 e. The Morgan fingerprint density at radius 1 is 1.36 bits per heavy atom. The van der Waals surface area contributed by atoms with E-state index >= 15 is 0 Å². The van der Waals surface area contributed by atoms with E-state index in [2.05, 4.69) is 0 Å². The molecule has 0 saturated heterocycles. The van der Waals surface area contributed by atoms with E-state index in [-0.39, 0.29) is 0 Å². The number of hydrogen-bond donors (Lipinski definition) is 1. The average Bonchev–Trinajstić information content (AvgIpc) is 2.18. The Balaban J connectivity index is 2.35. The molecule has 0 spiro atoms. The van der Waals surface area contributed by atoms with Crippen LogP contribution in [0.15, 0.2) is 18.2 Å². The molecule has 4 heteroatoms. The van der Waals surface area contributed by atoms with Gasteiger partial charge >= 0.3 is 0 Å². The number of ether oxygens (including phenoxy) is 2. The fraction of sp³-hybridized carbons (Fsp3) is 0.300. The van der Waals surface area contributed by atoms with Gasteiger partial charge in [0.05, 0.1) is 4.99 Å². The molecular weight excluding hydrogens is 198 g/mol. The van der Waals surface area contributed by atoms with Gasteiger partial charge in [-0.15, -0.1) is 0 Å². The Morgan fingerprint density at radius 2 is 2.14 bits per heavy atom. The minimum atomic E-state index is 0.465. The number of benzene rings is 1. The van der Waals surface area contributed by atoms with Crippen molar-refractivity contribution in [1.29, 1.82) is 0 Å². The standard InChI is InChI=1S/C10H11NO2S/c11-9(14)6-7-2-1-3-8-10(7)13-5-4-12-8/h1-3H,4-6H2,(H2,11,14). The Hall–Kier alpha value is -1.29. The third-order valence-electron chi connectivity index (χ3n) is 2.01. The summed E-state index contributed by atoms with van der Waals surface area (Å²) >= 11 is 4.86. The molecule has 0 aromatic heterocycles. The molecule has 0 atom stereocenters. The van der Waals surface area contributed by atoms with Crippen molar-refractivity contribution >= 4 is 17.2 Å². The van der Waals surface area contributed by atoms with Gasteiger partial charge in [0.2, 0.25) is 0 Å². The summed E-state index contributed by atoms with van der Waals surface area (Å²) in [6, 6.07) is 5.76. The van der Waals surface area contributed by atoms with Gasteiger partial charge in [0.1, 0.15) is 13.2 Å². The van der Waals surface area contributed by atoms with Gasteiger partial charge in [-0.05, 0) is 6.07 Å². The Kier molecular flexibility index (Phi) is 2.54. The molecule has 0 unspecified atom stereocenters. The van der Waals surface area contributed by atoms with Crippen LogP contribution in [0.25, 0.3) is 0 Å². The lowest BCUT2D eigenvalue weighted by molar-refractivity contribution is 0.170. The highest BCUT2D eigenvalue weighted by atomic mass is 32.1. The minimum Gasteiger partial charge on any atom is -0.486 e. The van der Waals surface area contributed by atoms with E-state index in [0.717, 1.165) is 17.1 Å². The van der Waals surface area contributed by atoms with Crippen molar-refractivity contribution in [1.82, 2.24) is 0 Å². The normalized spacial score (nSPS) is 13.7. The van der Waals surface area contributed by atoms with Gasteiger partial charge in [-0.3, -0.25) is 0 Å². The van der Waals surface area contributed by atoms with E-state index in [4.69, 9.17) is 27.4 Å². The molecule has 1 aromatic carbocycles. The van der Waals surface area contributed by atoms with Gasteiger partial charge in [-0.1, -0.05) is 24.4 Å². The zero-order chi connectivity index (χ0) is 9.97. The number of thiocarbonyl (C=S) groups is 1. The first-order chi connectivity index (χ1) is 6.77. The fourth-order valence-electron chi connectivity index (χ4n) is 1.46. The van der Waals surface area contributed by atoms with Crippen LogP contribution in [0.4, 0.5) is 0 Å². The number of rotatable bonds is 2. The second-order valence-electron chi connectivity index (χ2n) is 3.08. The summed E-state index contributed by atoms with van der Waals surface area (Å²) in [4.78, 5) is 0.465. The summed E-state index contributed by atoms with van der Waals surface area (Å²) < 4.78 is 11.0. The molecule has 0 amide bonds. The number of hydrogen-bond acceptors (Lipinski definition) is 3. The molecule has 0 saturated carbocycles. The monoisotopic (exact) mass is 209 g/mol. The van der Waals surface area contributed by atoms with Gasteiger partial charge in [0.25, 0.3) is 0 Å². The second-order valence-corrected chi connectivity index (χ2v) is 3.61. The van der Waals surface area contributed by atoms with Crippen LogP contribution >= 0.6 is 12.2 Å². The molecule has 0 bridgehead atoms. The maximum absolute atomic E-state index is 5.52. The largest absolute Gasteiger partial charge is 0.486 e. The molecule has 1 aliphatic heterocycles. The first kappa shape index (κ1) is 9.27. The van der Waals surface area contributed by atoms with Crippen LogP contribution in [0, 0.1) is 0 Å². The first-order valence-electron chi connectivity index (χ1n) is 4.43. The number of para-hydroxylation sites is 1. The summed E-state index contributed by atoms with van der Waals surface area (Å²) in [5.41, 5.74) is 6.49. The third-order valence-corrected chi connectivity index (χ3v) is 2.16. The average molecular weight is 209 g/mol. The van der Waals surface area contributed by atoms with E-state index in [9.17, 15) is 0 Å². The number of nitrogens with two attached hydrogens (primary N) is 1. The zero-order valence-corrected chi connectivity index (χ0v) is 8.47. The second kappa shape index (κ2) is 3.84. The molecule has 1 aromatic rings. The summed E-state index contributed by atoms with van der Waals surface area (Å²) in [6.45, 7) is 1.19. The van der Waals surface area contributed by atoms with Crippen LogP contribution in [-0.2, 0) is 6.42 Å². The Bertz CT molecular complexity index is 365. The molecule has 74 valence electrons. The SMILES string of the molecule is NC(=S)Cc1cccc2c1OCCO2. The van der Waals surface area contributed by atoms with Crippen LogP contribution in [-0.4, -0.2) is 18.2 Å². The minimum absolute atomic E-state index is 0.465. The van der Waals surface area contributed by atoms with E-state index in [0.29, 0.717) is 24.6 Å².